The highest BCUT2D eigenvalue weighted by Crippen LogP contribution is 2.46. The number of fused-ring (bicyclic) bond motifs is 1. The van der Waals surface area contributed by atoms with E-state index in [0.29, 0.717) is 42.1 Å². The van der Waals surface area contributed by atoms with Crippen molar-refractivity contribution in [2.75, 3.05) is 6.61 Å². The van der Waals surface area contributed by atoms with Gasteiger partial charge in [0.15, 0.2) is 0 Å². The first-order chi connectivity index (χ1) is 25.2. The van der Waals surface area contributed by atoms with Crippen molar-refractivity contribution in [3.8, 4) is 34.3 Å². The summed E-state index contributed by atoms with van der Waals surface area (Å²) in [6.45, 7) is 1.38. The van der Waals surface area contributed by atoms with Crippen LogP contribution in [0.5, 0.6) is 5.88 Å². The number of carbonyl (C=O) groups is 1. The summed E-state index contributed by atoms with van der Waals surface area (Å²) >= 11 is 0. The van der Waals surface area contributed by atoms with E-state index in [1.807, 2.05) is 4.57 Å². The fourth-order valence-electron chi connectivity index (χ4n) is 6.37. The first-order valence-corrected chi connectivity index (χ1v) is 16.8. The highest BCUT2D eigenvalue weighted by molar-refractivity contribution is 5.92. The van der Waals surface area contributed by atoms with Gasteiger partial charge < -0.3 is 19.1 Å². The fraction of sp³-hybridized carbons (Fsp3) is 0.256. The van der Waals surface area contributed by atoms with Gasteiger partial charge in [-0.1, -0.05) is 18.2 Å². The van der Waals surface area contributed by atoms with E-state index in [9.17, 15) is 15.2 Å². The van der Waals surface area contributed by atoms with Gasteiger partial charge in [-0.05, 0) is 72.9 Å². The molecule has 1 unspecified atom stereocenters. The number of aromatic nitrogens is 5. The maximum atomic E-state index is 15.6. The van der Waals surface area contributed by atoms with Gasteiger partial charge in [0.2, 0.25) is 5.88 Å². The third kappa shape index (κ3) is 6.60. The van der Waals surface area contributed by atoms with Crippen molar-refractivity contribution in [1.82, 2.24) is 24.3 Å². The van der Waals surface area contributed by atoms with Crippen molar-refractivity contribution in [2.45, 2.75) is 51.5 Å². The maximum Gasteiger partial charge on any atom is 0.335 e. The number of imidazole rings is 1. The van der Waals surface area contributed by atoms with Crippen LogP contribution < -0.4 is 4.74 Å². The molecule has 1 aliphatic carbocycles. The summed E-state index contributed by atoms with van der Waals surface area (Å²) < 4.78 is 61.3. The standard InChI is InChI=1S/C39H31F3N6O4/c40-30-12-23(27-17-44-47(18-27)22-39(21-43)9-10-39)4-5-25(30)20-52-37-3-1-2-33(46-37)29-16-31(41)26(13-32(29)42)15-36-45-34-7-6-24(38(49)50)14-35(34)48(36)19-28-8-11-51-28/h1-7,12-14,16-18,28H,8-11,15,19-20,22H2,(H,49,50). The molecule has 0 spiro atoms. The SMILES string of the molecule is N#CC1(Cn2cc(-c3ccc(COc4cccc(-c5cc(F)c(Cc6nc7ccc(C(=O)O)cc7n6CC6CCO6)cc5F)n4)c(F)c3)cn2)CC1. The summed E-state index contributed by atoms with van der Waals surface area (Å²) in [5.41, 5.74) is 2.62. The number of carboxylic acid groups (broad SMARTS) is 1. The third-order valence-electron chi connectivity index (χ3n) is 9.69. The molecule has 3 aromatic carbocycles. The molecule has 2 fully saturated rings. The summed E-state index contributed by atoms with van der Waals surface area (Å²) in [5.74, 6) is -2.39. The predicted molar refractivity (Wildman–Crippen MR) is 183 cm³/mol. The van der Waals surface area contributed by atoms with Gasteiger partial charge in [-0.15, -0.1) is 0 Å². The average Bonchev–Trinajstić information content (AvgIpc) is 3.59. The molecule has 1 aliphatic heterocycles. The number of nitrogens with zero attached hydrogens (tertiary/aromatic N) is 6. The van der Waals surface area contributed by atoms with E-state index in [1.54, 1.807) is 47.4 Å². The molecule has 3 aromatic heterocycles. The largest absolute Gasteiger partial charge is 0.478 e. The number of nitriles is 1. The summed E-state index contributed by atoms with van der Waals surface area (Å²) in [6.07, 6.45) is 5.83. The number of hydrogen-bond acceptors (Lipinski definition) is 7. The van der Waals surface area contributed by atoms with Crippen LogP contribution >= 0.6 is 0 Å². The molecule has 262 valence electrons. The van der Waals surface area contributed by atoms with Gasteiger partial charge in [0.25, 0.3) is 0 Å². The zero-order chi connectivity index (χ0) is 36.0. The first-order valence-electron chi connectivity index (χ1n) is 16.8. The van der Waals surface area contributed by atoms with Gasteiger partial charge in [0.1, 0.15) is 29.9 Å². The third-order valence-corrected chi connectivity index (χ3v) is 9.69. The quantitative estimate of drug-likeness (QED) is 0.140. The normalized spacial score (nSPS) is 16.0. The van der Waals surface area contributed by atoms with E-state index in [-0.39, 0.29) is 58.4 Å². The summed E-state index contributed by atoms with van der Waals surface area (Å²) in [4.78, 5) is 20.6. The number of pyridine rings is 1. The van der Waals surface area contributed by atoms with E-state index in [1.165, 1.54) is 24.3 Å². The molecule has 0 radical (unpaired) electrons. The maximum absolute atomic E-state index is 15.6. The minimum absolute atomic E-state index is 0.0436. The highest BCUT2D eigenvalue weighted by atomic mass is 19.1. The van der Waals surface area contributed by atoms with Gasteiger partial charge in [0.05, 0.1) is 59.2 Å². The van der Waals surface area contributed by atoms with E-state index in [4.69, 9.17) is 9.47 Å². The van der Waals surface area contributed by atoms with Crippen LogP contribution in [0.3, 0.4) is 0 Å². The summed E-state index contributed by atoms with van der Waals surface area (Å²) in [6, 6.07) is 18.5. The van der Waals surface area contributed by atoms with Crippen LogP contribution in [0.1, 0.15) is 46.6 Å². The van der Waals surface area contributed by atoms with E-state index >= 15 is 13.2 Å². The average molecular weight is 705 g/mol. The molecule has 10 nitrogen and oxygen atoms in total. The molecule has 4 heterocycles. The van der Waals surface area contributed by atoms with E-state index in [0.717, 1.165) is 37.0 Å². The van der Waals surface area contributed by atoms with Crippen LogP contribution in [0.15, 0.2) is 79.1 Å². The highest BCUT2D eigenvalue weighted by Gasteiger charge is 2.43. The Kier molecular flexibility index (Phi) is 8.47. The molecule has 1 atom stereocenters. The zero-order valence-electron chi connectivity index (χ0n) is 27.7. The number of halogens is 3. The van der Waals surface area contributed by atoms with Crippen molar-refractivity contribution in [2.24, 2.45) is 5.41 Å². The second-order valence-corrected chi connectivity index (χ2v) is 13.3. The van der Waals surface area contributed by atoms with Crippen molar-refractivity contribution in [3.63, 3.8) is 0 Å². The van der Waals surface area contributed by atoms with Gasteiger partial charge in [-0.25, -0.2) is 27.9 Å². The molecule has 8 rings (SSSR count). The summed E-state index contributed by atoms with van der Waals surface area (Å²) in [5, 5.41) is 23.2. The van der Waals surface area contributed by atoms with Gasteiger partial charge >= 0.3 is 5.97 Å². The lowest BCUT2D eigenvalue weighted by Gasteiger charge is -2.27. The number of rotatable bonds is 12. The molecule has 2 aliphatic rings. The fourth-order valence-corrected chi connectivity index (χ4v) is 6.37. The van der Waals surface area contributed by atoms with E-state index < -0.39 is 23.4 Å². The second-order valence-electron chi connectivity index (χ2n) is 13.3. The Morgan fingerprint density at radius 2 is 1.83 bits per heavy atom. The molecule has 1 N–H and O–H groups in total. The topological polar surface area (TPSA) is 128 Å². The van der Waals surface area contributed by atoms with Crippen molar-refractivity contribution >= 4 is 17.0 Å². The predicted octanol–water partition coefficient (Wildman–Crippen LogP) is 7.34. The number of benzene rings is 3. The van der Waals surface area contributed by atoms with E-state index in [2.05, 4.69) is 21.1 Å². The second kappa shape index (κ2) is 13.3. The minimum atomic E-state index is -1.08. The van der Waals surface area contributed by atoms with Crippen molar-refractivity contribution in [1.29, 1.82) is 5.26 Å². The van der Waals surface area contributed by atoms with Crippen molar-refractivity contribution in [3.05, 3.63) is 119 Å². The smallest absolute Gasteiger partial charge is 0.335 e. The Hall–Kier alpha value is -6.00. The Balaban J connectivity index is 0.975. The van der Waals surface area contributed by atoms with Crippen molar-refractivity contribution < 1.29 is 32.5 Å². The molecule has 6 aromatic rings. The lowest BCUT2D eigenvalue weighted by Crippen LogP contribution is -2.31. The number of aromatic carboxylic acids is 1. The lowest BCUT2D eigenvalue weighted by atomic mass is 10.0. The van der Waals surface area contributed by atoms with Crippen LogP contribution in [-0.2, 0) is 30.9 Å². The first kappa shape index (κ1) is 33.2. The number of ether oxygens (including phenoxy) is 2. The Morgan fingerprint density at radius 3 is 2.56 bits per heavy atom. The molecule has 1 saturated carbocycles. The van der Waals surface area contributed by atoms with Crippen LogP contribution in [0, 0.1) is 34.2 Å². The molecule has 52 heavy (non-hydrogen) atoms. The van der Waals surface area contributed by atoms with Gasteiger partial charge in [0, 0.05) is 42.0 Å². The molecule has 0 amide bonds. The van der Waals surface area contributed by atoms with Crippen LogP contribution in [0.4, 0.5) is 13.2 Å². The van der Waals surface area contributed by atoms with Crippen LogP contribution in [0.2, 0.25) is 0 Å². The Bertz CT molecular complexity index is 2390. The minimum Gasteiger partial charge on any atom is -0.478 e. The molecule has 1 saturated heterocycles. The Labute approximate surface area is 295 Å². The van der Waals surface area contributed by atoms with Crippen LogP contribution in [-0.4, -0.2) is 48.1 Å². The number of hydrogen-bond donors (Lipinski definition) is 1. The lowest BCUT2D eigenvalue weighted by molar-refractivity contribution is -0.0589. The molecular weight excluding hydrogens is 673 g/mol. The summed E-state index contributed by atoms with van der Waals surface area (Å²) in [7, 11) is 0. The van der Waals surface area contributed by atoms with Gasteiger partial charge in [-0.2, -0.15) is 10.4 Å². The zero-order valence-corrected chi connectivity index (χ0v) is 27.7. The molecule has 0 bridgehead atoms. The number of carboxylic acids is 1. The van der Waals surface area contributed by atoms with Crippen LogP contribution in [0.25, 0.3) is 33.4 Å². The Morgan fingerprint density at radius 1 is 1.00 bits per heavy atom. The van der Waals surface area contributed by atoms with Gasteiger partial charge in [-0.3, -0.25) is 4.68 Å². The molecular formula is C39H31F3N6O4. The molecule has 13 heteroatoms. The monoisotopic (exact) mass is 704 g/mol.